The Morgan fingerprint density at radius 1 is 1.50 bits per heavy atom. The highest BCUT2D eigenvalue weighted by atomic mass is 31.1. The number of hydrogen-bond donors (Lipinski definition) is 1. The van der Waals surface area contributed by atoms with Crippen molar-refractivity contribution in [2.75, 3.05) is 6.61 Å². The third kappa shape index (κ3) is 2.98. The molecule has 1 aromatic heterocycles. The van der Waals surface area contributed by atoms with Crippen molar-refractivity contribution >= 4 is 24.9 Å². The zero-order chi connectivity index (χ0) is 14.7. The molecule has 5 nitrogen and oxygen atoms in total. The van der Waals surface area contributed by atoms with Crippen molar-refractivity contribution in [1.29, 1.82) is 0 Å². The van der Waals surface area contributed by atoms with Crippen molar-refractivity contribution in [2.45, 2.75) is 12.8 Å². The van der Waals surface area contributed by atoms with Gasteiger partial charge in [0.05, 0.1) is 23.3 Å². The molecule has 2 atom stereocenters. The zero-order valence-corrected chi connectivity index (χ0v) is 11.5. The second kappa shape index (κ2) is 6.03. The number of halogens is 1. The third-order valence-corrected chi connectivity index (χ3v) is 3.85. The highest BCUT2D eigenvalue weighted by molar-refractivity contribution is 7.39. The van der Waals surface area contributed by atoms with Gasteiger partial charge in [0.15, 0.2) is 0 Å². The molecule has 7 heteroatoms. The lowest BCUT2D eigenvalue weighted by Gasteiger charge is -2.02. The number of benzene rings is 1. The number of hydrogen-bond acceptors (Lipinski definition) is 4. The third-order valence-electron chi connectivity index (χ3n) is 2.67. The molecular formula is C13H12FNO4P+. The average Bonchev–Trinajstić information content (AvgIpc) is 2.45. The smallest absolute Gasteiger partial charge is 0.478 e. The first-order valence-corrected chi connectivity index (χ1v) is 7.14. The molecule has 2 aromatic rings. The van der Waals surface area contributed by atoms with Gasteiger partial charge in [-0.1, -0.05) is 0 Å². The van der Waals surface area contributed by atoms with Crippen LogP contribution in [0.3, 0.4) is 0 Å². The van der Waals surface area contributed by atoms with Gasteiger partial charge in [-0.15, -0.1) is 4.52 Å². The van der Waals surface area contributed by atoms with E-state index in [0.717, 1.165) is 0 Å². The number of carboxylic acids is 1. The largest absolute Gasteiger partial charge is 0.550 e. The number of nitrogens with zero attached hydrogens (tertiary/aromatic N) is 1. The van der Waals surface area contributed by atoms with Gasteiger partial charge in [0.1, 0.15) is 0 Å². The van der Waals surface area contributed by atoms with E-state index in [1.54, 1.807) is 13.0 Å². The Balaban J connectivity index is 2.41. The summed E-state index contributed by atoms with van der Waals surface area (Å²) in [5, 5.41) is 9.40. The molecule has 1 N–H and O–H groups in total. The Hall–Kier alpha value is -1.91. The van der Waals surface area contributed by atoms with Gasteiger partial charge in [-0.3, -0.25) is 4.98 Å². The molecule has 0 spiro atoms. The Morgan fingerprint density at radius 2 is 2.25 bits per heavy atom. The number of alkyl halides is 1. The van der Waals surface area contributed by atoms with Crippen molar-refractivity contribution in [3.63, 3.8) is 0 Å². The van der Waals surface area contributed by atoms with E-state index in [1.165, 1.54) is 24.4 Å². The van der Waals surface area contributed by atoms with Gasteiger partial charge in [0.25, 0.3) is 0 Å². The van der Waals surface area contributed by atoms with E-state index in [4.69, 9.17) is 9.63 Å². The molecule has 0 fully saturated rings. The van der Waals surface area contributed by atoms with Gasteiger partial charge < -0.3 is 5.11 Å². The van der Waals surface area contributed by atoms with Crippen molar-refractivity contribution in [2.24, 2.45) is 0 Å². The van der Waals surface area contributed by atoms with E-state index in [1.807, 2.05) is 0 Å². The molecule has 20 heavy (non-hydrogen) atoms. The maximum Gasteiger partial charge on any atom is 0.550 e. The van der Waals surface area contributed by atoms with Crippen LogP contribution < -0.4 is 0 Å². The van der Waals surface area contributed by atoms with E-state index < -0.39 is 19.9 Å². The van der Waals surface area contributed by atoms with Crippen LogP contribution in [0.25, 0.3) is 10.9 Å². The van der Waals surface area contributed by atoms with E-state index in [2.05, 4.69) is 4.98 Å². The summed E-state index contributed by atoms with van der Waals surface area (Å²) in [6.45, 7) is 1.78. The van der Waals surface area contributed by atoms with Gasteiger partial charge >= 0.3 is 19.9 Å². The second-order valence-electron chi connectivity index (χ2n) is 4.02. The van der Waals surface area contributed by atoms with E-state index in [0.29, 0.717) is 10.9 Å². The average molecular weight is 296 g/mol. The quantitative estimate of drug-likeness (QED) is 0.852. The second-order valence-corrected chi connectivity index (χ2v) is 5.30. The first-order valence-electron chi connectivity index (χ1n) is 5.89. The summed E-state index contributed by atoms with van der Waals surface area (Å²) < 4.78 is 30.2. The highest BCUT2D eigenvalue weighted by Crippen LogP contribution is 2.43. The van der Waals surface area contributed by atoms with Crippen LogP contribution >= 0.6 is 8.03 Å². The van der Waals surface area contributed by atoms with Gasteiger partial charge in [-0.2, -0.15) is 4.39 Å². The first-order chi connectivity index (χ1) is 9.52. The Bertz CT molecular complexity index is 676. The van der Waals surface area contributed by atoms with Crippen molar-refractivity contribution in [1.82, 2.24) is 4.98 Å². The van der Waals surface area contributed by atoms with E-state index in [9.17, 15) is 13.8 Å². The molecule has 0 bridgehead atoms. The number of fused-ring (bicyclic) bond motifs is 1. The molecule has 0 saturated heterocycles. The molecule has 0 aliphatic rings. The fourth-order valence-corrected chi connectivity index (χ4v) is 2.50. The Morgan fingerprint density at radius 3 is 2.90 bits per heavy atom. The molecule has 2 unspecified atom stereocenters. The van der Waals surface area contributed by atoms with E-state index in [-0.39, 0.29) is 17.7 Å². The van der Waals surface area contributed by atoms with Crippen LogP contribution in [-0.4, -0.2) is 22.7 Å². The Kier molecular flexibility index (Phi) is 4.37. The maximum atomic E-state index is 13.9. The van der Waals surface area contributed by atoms with Gasteiger partial charge in [-0.25, -0.2) is 4.79 Å². The molecule has 2 rings (SSSR count). The number of carboxylic acid groups (broad SMARTS) is 1. The van der Waals surface area contributed by atoms with Crippen LogP contribution in [0.4, 0.5) is 4.39 Å². The summed E-state index contributed by atoms with van der Waals surface area (Å²) in [5.74, 6) is -2.86. The molecule has 0 saturated carbocycles. The lowest BCUT2D eigenvalue weighted by molar-refractivity contribution is 0.0697. The molecule has 0 aliphatic heterocycles. The van der Waals surface area contributed by atoms with E-state index >= 15 is 0 Å². The standard InChI is InChI=1S/C13H11FNO4P/c1-2-19-20(18)12(14)10-6-9-5-8(13(16)17)3-4-11(9)15-7-10/h3-7,12H,2H2,1H3/p+1. The molecule has 0 amide bonds. The maximum absolute atomic E-state index is 13.9. The lowest BCUT2D eigenvalue weighted by atomic mass is 10.1. The first kappa shape index (κ1) is 14.5. The van der Waals surface area contributed by atoms with Crippen LogP contribution in [-0.2, 0) is 9.09 Å². The normalized spacial score (nSPS) is 13.2. The molecule has 1 aromatic carbocycles. The van der Waals surface area contributed by atoms with Gasteiger partial charge in [0.2, 0.25) is 0 Å². The number of aromatic carboxylic acids is 1. The summed E-state index contributed by atoms with van der Waals surface area (Å²) in [6, 6.07) is 5.80. The molecule has 0 radical (unpaired) electrons. The topological polar surface area (TPSA) is 76.5 Å². The predicted octanol–water partition coefficient (Wildman–Crippen LogP) is 3.68. The van der Waals surface area contributed by atoms with Crippen LogP contribution in [0.5, 0.6) is 0 Å². The fraction of sp³-hybridized carbons (Fsp3) is 0.231. The summed E-state index contributed by atoms with van der Waals surface area (Å²) in [6.07, 6.45) is 1.28. The minimum atomic E-state index is -2.47. The minimum absolute atomic E-state index is 0.0843. The fourth-order valence-electron chi connectivity index (χ4n) is 1.73. The van der Waals surface area contributed by atoms with Gasteiger partial charge in [-0.05, 0) is 35.8 Å². The highest BCUT2D eigenvalue weighted by Gasteiger charge is 2.34. The van der Waals surface area contributed by atoms with Crippen molar-refractivity contribution in [3.8, 4) is 0 Å². The minimum Gasteiger partial charge on any atom is -0.478 e. The predicted molar refractivity (Wildman–Crippen MR) is 71.8 cm³/mol. The summed E-state index contributed by atoms with van der Waals surface area (Å²) in [7, 11) is -2.47. The van der Waals surface area contributed by atoms with Crippen LogP contribution in [0.2, 0.25) is 0 Å². The van der Waals surface area contributed by atoms with Crippen molar-refractivity contribution in [3.05, 3.63) is 41.6 Å². The van der Waals surface area contributed by atoms with Crippen LogP contribution in [0.15, 0.2) is 30.5 Å². The molecule has 1 heterocycles. The Labute approximate surface area is 115 Å². The number of aromatic nitrogens is 1. The monoisotopic (exact) mass is 296 g/mol. The van der Waals surface area contributed by atoms with Gasteiger partial charge in [0, 0.05) is 11.6 Å². The molecular weight excluding hydrogens is 284 g/mol. The lowest BCUT2D eigenvalue weighted by Crippen LogP contribution is -1.97. The van der Waals surface area contributed by atoms with Crippen molar-refractivity contribution < 1.29 is 23.4 Å². The molecule has 104 valence electrons. The van der Waals surface area contributed by atoms with Crippen LogP contribution in [0, 0.1) is 0 Å². The van der Waals surface area contributed by atoms with Crippen LogP contribution in [0.1, 0.15) is 28.8 Å². The number of pyridine rings is 1. The summed E-state index contributed by atoms with van der Waals surface area (Å²) >= 11 is 0. The SMILES string of the molecule is CCO[P+](=O)C(F)c1cnc2ccc(C(=O)O)cc2c1. The zero-order valence-electron chi connectivity index (χ0n) is 10.6. The summed E-state index contributed by atoms with van der Waals surface area (Å²) in [4.78, 5) is 14.9. The molecule has 0 aliphatic carbocycles. The summed E-state index contributed by atoms with van der Waals surface area (Å²) in [5.41, 5.74) is 0.730. The number of rotatable bonds is 5. The number of carbonyl (C=O) groups is 1.